The lowest BCUT2D eigenvalue weighted by Gasteiger charge is -2.13. The molecular weight excluding hydrogens is 242 g/mol. The lowest BCUT2D eigenvalue weighted by molar-refractivity contribution is -0.121. The second-order valence-electron chi connectivity index (χ2n) is 5.35. The Labute approximate surface area is 113 Å². The molecule has 4 nitrogen and oxygen atoms in total. The van der Waals surface area contributed by atoms with Gasteiger partial charge in [-0.25, -0.2) is 0 Å². The first kappa shape index (κ1) is 13.9. The fourth-order valence-electron chi connectivity index (χ4n) is 1.91. The molecule has 1 saturated carbocycles. The molecule has 0 bridgehead atoms. The van der Waals surface area contributed by atoms with Crippen LogP contribution < -0.4 is 10.1 Å². The molecule has 2 rings (SSSR count). The van der Waals surface area contributed by atoms with Gasteiger partial charge in [-0.15, -0.1) is 0 Å². The van der Waals surface area contributed by atoms with Crippen LogP contribution >= 0.6 is 0 Å². The van der Waals surface area contributed by atoms with Crippen LogP contribution in [0, 0.1) is 12.3 Å². The number of amides is 1. The zero-order valence-corrected chi connectivity index (χ0v) is 11.3. The maximum Gasteiger partial charge on any atom is 0.223 e. The molecule has 104 valence electrons. The summed E-state index contributed by atoms with van der Waals surface area (Å²) < 4.78 is 5.52. The van der Waals surface area contributed by atoms with Gasteiger partial charge in [-0.05, 0) is 37.5 Å². The highest BCUT2D eigenvalue weighted by Gasteiger charge is 2.41. The predicted octanol–water partition coefficient (Wildman–Crippen LogP) is 1.65. The van der Waals surface area contributed by atoms with Crippen molar-refractivity contribution in [2.45, 2.75) is 26.2 Å². The largest absolute Gasteiger partial charge is 0.493 e. The SMILES string of the molecule is Cc1cccc(OCCC(=O)NCC2(CO)CC2)c1. The highest BCUT2D eigenvalue weighted by Crippen LogP contribution is 2.44. The molecule has 1 aromatic rings. The summed E-state index contributed by atoms with van der Waals surface area (Å²) in [6, 6.07) is 7.77. The zero-order chi connectivity index (χ0) is 13.7. The number of carbonyl (C=O) groups excluding carboxylic acids is 1. The molecule has 1 aliphatic rings. The standard InChI is InChI=1S/C15H21NO3/c1-12-3-2-4-13(9-12)19-8-5-14(18)16-10-15(11-17)6-7-15/h2-4,9,17H,5-8,10-11H2,1H3,(H,16,18). The van der Waals surface area contributed by atoms with Crippen molar-refractivity contribution in [1.82, 2.24) is 5.32 Å². The third-order valence-corrected chi connectivity index (χ3v) is 3.54. The lowest BCUT2D eigenvalue weighted by Crippen LogP contribution is -2.32. The van der Waals surface area contributed by atoms with Crippen molar-refractivity contribution in [3.8, 4) is 5.75 Å². The Morgan fingerprint density at radius 3 is 2.89 bits per heavy atom. The van der Waals surface area contributed by atoms with Crippen molar-refractivity contribution in [3.05, 3.63) is 29.8 Å². The van der Waals surface area contributed by atoms with Crippen molar-refractivity contribution in [3.63, 3.8) is 0 Å². The van der Waals surface area contributed by atoms with E-state index in [0.29, 0.717) is 19.6 Å². The molecule has 0 radical (unpaired) electrons. The lowest BCUT2D eigenvalue weighted by atomic mass is 10.1. The Kier molecular flexibility index (Phi) is 4.43. The van der Waals surface area contributed by atoms with Crippen LogP contribution in [0.2, 0.25) is 0 Å². The predicted molar refractivity (Wildman–Crippen MR) is 73.1 cm³/mol. The molecule has 1 aromatic carbocycles. The van der Waals surface area contributed by atoms with Gasteiger partial charge in [0.1, 0.15) is 5.75 Å². The molecule has 1 aliphatic carbocycles. The van der Waals surface area contributed by atoms with Crippen LogP contribution in [0.3, 0.4) is 0 Å². The van der Waals surface area contributed by atoms with Crippen molar-refractivity contribution in [2.75, 3.05) is 19.8 Å². The van der Waals surface area contributed by atoms with E-state index in [1.165, 1.54) is 0 Å². The Hall–Kier alpha value is -1.55. The molecule has 4 heteroatoms. The highest BCUT2D eigenvalue weighted by molar-refractivity contribution is 5.76. The molecule has 1 amide bonds. The smallest absolute Gasteiger partial charge is 0.223 e. The van der Waals surface area contributed by atoms with Gasteiger partial charge in [0.15, 0.2) is 0 Å². The number of ether oxygens (including phenoxy) is 1. The quantitative estimate of drug-likeness (QED) is 0.786. The fraction of sp³-hybridized carbons (Fsp3) is 0.533. The average Bonchev–Trinajstić information content (AvgIpc) is 3.17. The summed E-state index contributed by atoms with van der Waals surface area (Å²) in [5.41, 5.74) is 1.10. The molecule has 0 spiro atoms. The first-order valence-electron chi connectivity index (χ1n) is 6.71. The number of carbonyl (C=O) groups is 1. The molecule has 19 heavy (non-hydrogen) atoms. The third-order valence-electron chi connectivity index (χ3n) is 3.54. The van der Waals surface area contributed by atoms with Crippen LogP contribution in [-0.2, 0) is 4.79 Å². The summed E-state index contributed by atoms with van der Waals surface area (Å²) >= 11 is 0. The monoisotopic (exact) mass is 263 g/mol. The second-order valence-corrected chi connectivity index (χ2v) is 5.35. The Morgan fingerprint density at radius 2 is 2.26 bits per heavy atom. The van der Waals surface area contributed by atoms with Crippen molar-refractivity contribution in [2.24, 2.45) is 5.41 Å². The number of benzene rings is 1. The molecule has 2 N–H and O–H groups in total. The first-order chi connectivity index (χ1) is 9.13. The number of aliphatic hydroxyl groups is 1. The van der Waals surface area contributed by atoms with Gasteiger partial charge in [-0.3, -0.25) is 4.79 Å². The van der Waals surface area contributed by atoms with Crippen LogP contribution in [0.15, 0.2) is 24.3 Å². The number of hydrogen-bond donors (Lipinski definition) is 2. The normalized spacial score (nSPS) is 15.9. The summed E-state index contributed by atoms with van der Waals surface area (Å²) in [7, 11) is 0. The van der Waals surface area contributed by atoms with Gasteiger partial charge in [-0.1, -0.05) is 12.1 Å². The highest BCUT2D eigenvalue weighted by atomic mass is 16.5. The van der Waals surface area contributed by atoms with Crippen LogP contribution in [0.4, 0.5) is 0 Å². The number of aliphatic hydroxyl groups excluding tert-OH is 1. The minimum absolute atomic E-state index is 0.0209. The van der Waals surface area contributed by atoms with Gasteiger partial charge in [-0.2, -0.15) is 0 Å². The molecule has 0 heterocycles. The topological polar surface area (TPSA) is 58.6 Å². The van der Waals surface area contributed by atoms with E-state index in [9.17, 15) is 4.79 Å². The Morgan fingerprint density at radius 1 is 1.47 bits per heavy atom. The van der Waals surface area contributed by atoms with Crippen LogP contribution in [-0.4, -0.2) is 30.8 Å². The van der Waals surface area contributed by atoms with E-state index in [1.807, 2.05) is 31.2 Å². The van der Waals surface area contributed by atoms with Crippen LogP contribution in [0.5, 0.6) is 5.75 Å². The van der Waals surface area contributed by atoms with Gasteiger partial charge in [0.05, 0.1) is 19.6 Å². The van der Waals surface area contributed by atoms with Crippen molar-refractivity contribution < 1.29 is 14.6 Å². The molecular formula is C15H21NO3. The molecule has 1 fully saturated rings. The summed E-state index contributed by atoms with van der Waals surface area (Å²) in [6.45, 7) is 3.12. The van der Waals surface area contributed by atoms with Crippen molar-refractivity contribution >= 4 is 5.91 Å². The molecule has 0 aliphatic heterocycles. The van der Waals surface area contributed by atoms with Gasteiger partial charge < -0.3 is 15.2 Å². The van der Waals surface area contributed by atoms with Crippen LogP contribution in [0.1, 0.15) is 24.8 Å². The van der Waals surface area contributed by atoms with E-state index in [0.717, 1.165) is 24.2 Å². The van der Waals surface area contributed by atoms with Gasteiger partial charge in [0.2, 0.25) is 5.91 Å². The van der Waals surface area contributed by atoms with E-state index in [-0.39, 0.29) is 17.9 Å². The molecule has 0 aromatic heterocycles. The van der Waals surface area contributed by atoms with Crippen molar-refractivity contribution in [1.29, 1.82) is 0 Å². The number of aryl methyl sites for hydroxylation is 1. The number of hydrogen-bond acceptors (Lipinski definition) is 3. The maximum absolute atomic E-state index is 11.6. The van der Waals surface area contributed by atoms with E-state index in [1.54, 1.807) is 0 Å². The second kappa shape index (κ2) is 6.06. The summed E-state index contributed by atoms with van der Waals surface area (Å²) in [4.78, 5) is 11.6. The number of rotatable bonds is 7. The van der Waals surface area contributed by atoms with E-state index in [2.05, 4.69) is 5.32 Å². The van der Waals surface area contributed by atoms with Gasteiger partial charge >= 0.3 is 0 Å². The summed E-state index contributed by atoms with van der Waals surface area (Å²) in [6.07, 6.45) is 2.35. The fourth-order valence-corrected chi connectivity index (χ4v) is 1.91. The average molecular weight is 263 g/mol. The van der Waals surface area contributed by atoms with Gasteiger partial charge in [0, 0.05) is 12.0 Å². The molecule has 0 saturated heterocycles. The Bertz CT molecular complexity index is 441. The molecule has 0 unspecified atom stereocenters. The first-order valence-corrected chi connectivity index (χ1v) is 6.71. The number of nitrogens with one attached hydrogen (secondary N) is 1. The Balaban J connectivity index is 1.64. The summed E-state index contributed by atoms with van der Waals surface area (Å²) in [5, 5.41) is 12.0. The molecule has 0 atom stereocenters. The summed E-state index contributed by atoms with van der Waals surface area (Å²) in [5.74, 6) is 0.772. The third kappa shape index (κ3) is 4.24. The van der Waals surface area contributed by atoms with E-state index in [4.69, 9.17) is 9.84 Å². The van der Waals surface area contributed by atoms with E-state index < -0.39 is 0 Å². The minimum atomic E-state index is -0.0347. The van der Waals surface area contributed by atoms with Crippen LogP contribution in [0.25, 0.3) is 0 Å². The maximum atomic E-state index is 11.6. The zero-order valence-electron chi connectivity index (χ0n) is 11.3. The van der Waals surface area contributed by atoms with E-state index >= 15 is 0 Å². The minimum Gasteiger partial charge on any atom is -0.493 e. The van der Waals surface area contributed by atoms with Gasteiger partial charge in [0.25, 0.3) is 0 Å².